The van der Waals surface area contributed by atoms with Gasteiger partial charge in [-0.1, -0.05) is 17.8 Å². The van der Waals surface area contributed by atoms with Crippen LogP contribution < -0.4 is 0 Å². The molecule has 0 saturated heterocycles. The van der Waals surface area contributed by atoms with E-state index in [-0.39, 0.29) is 0 Å². The topological polar surface area (TPSA) is 34.0 Å². The molecule has 0 radical (unpaired) electrons. The largest absolute Gasteiger partial charge is 0.416 e. The molecule has 1 aromatic carbocycles. The zero-order chi connectivity index (χ0) is 20.4. The maximum absolute atomic E-state index is 12.9. The van der Waals surface area contributed by atoms with Gasteiger partial charge in [-0.25, -0.2) is 0 Å². The summed E-state index contributed by atoms with van der Waals surface area (Å²) in [6, 6.07) is 6.17. The molecule has 0 N–H and O–H groups in total. The molecule has 154 valence electrons. The van der Waals surface area contributed by atoms with Crippen LogP contribution in [0.5, 0.6) is 0 Å². The first-order chi connectivity index (χ1) is 13.9. The van der Waals surface area contributed by atoms with Crippen LogP contribution >= 0.6 is 23.1 Å². The predicted molar refractivity (Wildman–Crippen MR) is 110 cm³/mol. The van der Waals surface area contributed by atoms with Crippen molar-refractivity contribution < 1.29 is 13.2 Å². The zero-order valence-electron chi connectivity index (χ0n) is 15.9. The Morgan fingerprint density at radius 1 is 1.17 bits per heavy atom. The van der Waals surface area contributed by atoms with Gasteiger partial charge in [-0.05, 0) is 54.1 Å². The van der Waals surface area contributed by atoms with E-state index < -0.39 is 11.7 Å². The van der Waals surface area contributed by atoms with Gasteiger partial charge in [-0.3, -0.25) is 4.90 Å². The summed E-state index contributed by atoms with van der Waals surface area (Å²) in [6.45, 7) is 2.43. The van der Waals surface area contributed by atoms with Crippen molar-refractivity contribution in [2.24, 2.45) is 7.05 Å². The van der Waals surface area contributed by atoms with Gasteiger partial charge in [0.05, 0.1) is 5.56 Å². The van der Waals surface area contributed by atoms with Crippen LogP contribution in [0, 0.1) is 0 Å². The highest BCUT2D eigenvalue weighted by atomic mass is 32.2. The van der Waals surface area contributed by atoms with E-state index in [0.29, 0.717) is 13.0 Å². The molecule has 0 atom stereocenters. The molecule has 0 saturated carbocycles. The number of benzene rings is 1. The van der Waals surface area contributed by atoms with Crippen LogP contribution in [0.15, 0.2) is 40.2 Å². The summed E-state index contributed by atoms with van der Waals surface area (Å²) in [6.07, 6.45) is -2.62. The van der Waals surface area contributed by atoms with E-state index in [4.69, 9.17) is 0 Å². The Morgan fingerprint density at radius 2 is 2.03 bits per heavy atom. The van der Waals surface area contributed by atoms with Gasteiger partial charge in [0.15, 0.2) is 11.0 Å². The van der Waals surface area contributed by atoms with E-state index in [1.54, 1.807) is 29.2 Å². The third-order valence-electron chi connectivity index (χ3n) is 5.09. The van der Waals surface area contributed by atoms with Gasteiger partial charge in [-0.2, -0.15) is 24.5 Å². The molecule has 1 aliphatic heterocycles. The molecular formula is C20H21F3N4S2. The van der Waals surface area contributed by atoms with Gasteiger partial charge in [-0.15, -0.1) is 10.2 Å². The molecule has 2 aromatic heterocycles. The first-order valence-corrected chi connectivity index (χ1v) is 11.3. The number of fused-ring (bicyclic) bond motifs is 1. The lowest BCUT2D eigenvalue weighted by Gasteiger charge is -2.29. The first-order valence-electron chi connectivity index (χ1n) is 9.38. The van der Waals surface area contributed by atoms with Crippen molar-refractivity contribution in [3.05, 3.63) is 51.7 Å². The Balaban J connectivity index is 1.27. The Morgan fingerprint density at radius 3 is 2.79 bits per heavy atom. The molecule has 0 bridgehead atoms. The van der Waals surface area contributed by atoms with Crippen LogP contribution in [0.3, 0.4) is 0 Å². The standard InChI is InChI=1S/C20H21F3N4S2/c1-26-18(16-6-10-28-13-16)24-25-19(26)29-9-2-7-27-8-5-14-11-17(20(21,22)23)4-3-15(14)12-27/h3-4,6,10-11,13H,2,5,7-9,12H2,1H3. The number of alkyl halides is 3. The van der Waals surface area contributed by atoms with E-state index in [1.807, 2.05) is 23.1 Å². The van der Waals surface area contributed by atoms with Gasteiger partial charge in [0, 0.05) is 36.8 Å². The van der Waals surface area contributed by atoms with Gasteiger partial charge in [0.2, 0.25) is 0 Å². The number of halogens is 3. The van der Waals surface area contributed by atoms with Gasteiger partial charge in [0.1, 0.15) is 0 Å². The molecule has 0 spiro atoms. The average molecular weight is 439 g/mol. The molecule has 4 rings (SSSR count). The highest BCUT2D eigenvalue weighted by molar-refractivity contribution is 7.99. The summed E-state index contributed by atoms with van der Waals surface area (Å²) in [4.78, 5) is 2.31. The second-order valence-corrected chi connectivity index (χ2v) is 8.93. The summed E-state index contributed by atoms with van der Waals surface area (Å²) >= 11 is 3.32. The normalized spacial score (nSPS) is 14.9. The van der Waals surface area contributed by atoms with E-state index in [1.165, 1.54) is 12.1 Å². The Bertz CT molecular complexity index is 967. The summed E-state index contributed by atoms with van der Waals surface area (Å²) in [5.41, 5.74) is 2.36. The van der Waals surface area contributed by atoms with E-state index in [9.17, 15) is 13.2 Å². The fraction of sp³-hybridized carbons (Fsp3) is 0.400. The minimum absolute atomic E-state index is 0.549. The lowest BCUT2D eigenvalue weighted by Crippen LogP contribution is -2.31. The molecule has 3 aromatic rings. The SMILES string of the molecule is Cn1c(SCCCN2CCc3cc(C(F)(F)F)ccc3C2)nnc1-c1ccsc1. The second-order valence-electron chi connectivity index (χ2n) is 7.09. The van der Waals surface area contributed by atoms with Gasteiger partial charge >= 0.3 is 6.18 Å². The van der Waals surface area contributed by atoms with Crippen LogP contribution in [-0.4, -0.2) is 38.5 Å². The molecule has 1 aliphatic rings. The maximum Gasteiger partial charge on any atom is 0.416 e. The lowest BCUT2D eigenvalue weighted by molar-refractivity contribution is -0.137. The van der Waals surface area contributed by atoms with Crippen LogP contribution in [0.1, 0.15) is 23.1 Å². The number of thioether (sulfide) groups is 1. The Kier molecular flexibility index (Phi) is 5.98. The lowest BCUT2D eigenvalue weighted by atomic mass is 9.97. The highest BCUT2D eigenvalue weighted by Crippen LogP contribution is 2.32. The number of aromatic nitrogens is 3. The fourth-order valence-electron chi connectivity index (χ4n) is 3.51. The van der Waals surface area contributed by atoms with Crippen molar-refractivity contribution in [1.29, 1.82) is 0 Å². The smallest absolute Gasteiger partial charge is 0.305 e. The number of rotatable bonds is 6. The molecular weight excluding hydrogens is 417 g/mol. The zero-order valence-corrected chi connectivity index (χ0v) is 17.6. The molecule has 0 fully saturated rings. The highest BCUT2D eigenvalue weighted by Gasteiger charge is 2.31. The van der Waals surface area contributed by atoms with E-state index >= 15 is 0 Å². The van der Waals surface area contributed by atoms with E-state index in [0.717, 1.165) is 52.9 Å². The molecule has 29 heavy (non-hydrogen) atoms. The van der Waals surface area contributed by atoms with Crippen LogP contribution in [0.25, 0.3) is 11.4 Å². The number of hydrogen-bond donors (Lipinski definition) is 0. The summed E-state index contributed by atoms with van der Waals surface area (Å²) in [5, 5.41) is 13.6. The molecule has 0 amide bonds. The van der Waals surface area contributed by atoms with Crippen molar-refractivity contribution in [3.63, 3.8) is 0 Å². The summed E-state index contributed by atoms with van der Waals surface area (Å²) in [5.74, 6) is 1.80. The van der Waals surface area contributed by atoms with Crippen molar-refractivity contribution in [2.75, 3.05) is 18.8 Å². The van der Waals surface area contributed by atoms with E-state index in [2.05, 4.69) is 20.5 Å². The molecule has 3 heterocycles. The van der Waals surface area contributed by atoms with Crippen molar-refractivity contribution in [1.82, 2.24) is 19.7 Å². The number of nitrogens with zero attached hydrogens (tertiary/aromatic N) is 4. The second kappa shape index (κ2) is 8.49. The third kappa shape index (κ3) is 4.67. The molecule has 9 heteroatoms. The van der Waals surface area contributed by atoms with Gasteiger partial charge < -0.3 is 4.57 Å². The Hall–Kier alpha value is -1.84. The summed E-state index contributed by atoms with van der Waals surface area (Å²) in [7, 11) is 1.98. The Labute approximate surface area is 175 Å². The van der Waals surface area contributed by atoms with Crippen molar-refractivity contribution >= 4 is 23.1 Å². The third-order valence-corrected chi connectivity index (χ3v) is 6.88. The first kappa shape index (κ1) is 20.4. The molecule has 0 unspecified atom stereocenters. The quantitative estimate of drug-likeness (QED) is 0.396. The molecule has 4 nitrogen and oxygen atoms in total. The van der Waals surface area contributed by atoms with Crippen molar-refractivity contribution in [2.45, 2.75) is 30.7 Å². The number of hydrogen-bond acceptors (Lipinski definition) is 5. The van der Waals surface area contributed by atoms with Crippen LogP contribution in [-0.2, 0) is 26.2 Å². The van der Waals surface area contributed by atoms with Crippen molar-refractivity contribution in [3.8, 4) is 11.4 Å². The average Bonchev–Trinajstić information content (AvgIpc) is 3.34. The van der Waals surface area contributed by atoms with Gasteiger partial charge in [0.25, 0.3) is 0 Å². The maximum atomic E-state index is 12.9. The predicted octanol–water partition coefficient (Wildman–Crippen LogP) is 5.10. The minimum atomic E-state index is -4.27. The minimum Gasteiger partial charge on any atom is -0.305 e. The monoisotopic (exact) mass is 438 g/mol. The molecule has 0 aliphatic carbocycles. The fourth-order valence-corrected chi connectivity index (χ4v) is 4.98. The number of thiophene rings is 1. The van der Waals surface area contributed by atoms with Crippen LogP contribution in [0.2, 0.25) is 0 Å². The summed E-state index contributed by atoms with van der Waals surface area (Å²) < 4.78 is 40.6. The van der Waals surface area contributed by atoms with Crippen LogP contribution in [0.4, 0.5) is 13.2 Å².